The van der Waals surface area contributed by atoms with E-state index in [1.54, 1.807) is 4.90 Å². The largest absolute Gasteiger partial charge is 0.326 e. The van der Waals surface area contributed by atoms with Gasteiger partial charge >= 0.3 is 0 Å². The summed E-state index contributed by atoms with van der Waals surface area (Å²) >= 11 is 0. The summed E-state index contributed by atoms with van der Waals surface area (Å²) in [6.45, 7) is 3.69. The van der Waals surface area contributed by atoms with Crippen LogP contribution in [-0.4, -0.2) is 47.4 Å². The number of likely N-dealkylation sites (N-methyl/N-ethyl adjacent to an activating group) is 1. The zero-order valence-electron chi connectivity index (χ0n) is 12.9. The number of rotatable bonds is 3. The maximum atomic E-state index is 12.6. The molecule has 112 valence electrons. The molecule has 0 aromatic carbocycles. The summed E-state index contributed by atoms with van der Waals surface area (Å²) in [5.74, 6) is 0.113. The standard InChI is InChI=1S/C16H27N3O/c1-14-8-4-7-11-19(14)12-15(20)18(2)16(13-17)9-5-3-6-10-16/h14H,3-12H2,1-2H3. The number of likely N-dealkylation sites (tertiary alicyclic amines) is 1. The van der Waals surface area contributed by atoms with Gasteiger partial charge in [0.1, 0.15) is 5.54 Å². The Bertz CT molecular complexity index is 382. The number of nitrogens with zero attached hydrogens (tertiary/aromatic N) is 3. The van der Waals surface area contributed by atoms with Crippen LogP contribution in [0.1, 0.15) is 58.3 Å². The molecule has 2 fully saturated rings. The van der Waals surface area contributed by atoms with Gasteiger partial charge in [0.25, 0.3) is 0 Å². The van der Waals surface area contributed by atoms with E-state index in [9.17, 15) is 10.1 Å². The van der Waals surface area contributed by atoms with E-state index in [2.05, 4.69) is 17.9 Å². The molecule has 0 N–H and O–H groups in total. The molecule has 4 nitrogen and oxygen atoms in total. The molecule has 0 radical (unpaired) electrons. The van der Waals surface area contributed by atoms with Crippen molar-refractivity contribution in [1.82, 2.24) is 9.80 Å². The van der Waals surface area contributed by atoms with Gasteiger partial charge in [-0.3, -0.25) is 9.69 Å². The molecule has 1 heterocycles. The van der Waals surface area contributed by atoms with Gasteiger partial charge in [-0.1, -0.05) is 25.7 Å². The van der Waals surface area contributed by atoms with Crippen LogP contribution in [0.15, 0.2) is 0 Å². The molecule has 1 unspecified atom stereocenters. The van der Waals surface area contributed by atoms with Gasteiger partial charge in [-0.15, -0.1) is 0 Å². The average Bonchev–Trinajstić information content (AvgIpc) is 2.49. The summed E-state index contributed by atoms with van der Waals surface area (Å²) in [7, 11) is 1.82. The van der Waals surface area contributed by atoms with Gasteiger partial charge < -0.3 is 4.90 Å². The maximum Gasteiger partial charge on any atom is 0.237 e. The zero-order chi connectivity index (χ0) is 14.6. The Morgan fingerprint density at radius 3 is 2.60 bits per heavy atom. The van der Waals surface area contributed by atoms with E-state index in [1.165, 1.54) is 25.7 Å². The van der Waals surface area contributed by atoms with Crippen LogP contribution < -0.4 is 0 Å². The third kappa shape index (κ3) is 3.15. The lowest BCUT2D eigenvalue weighted by molar-refractivity contribution is -0.137. The van der Waals surface area contributed by atoms with Crippen molar-refractivity contribution in [1.29, 1.82) is 5.26 Å². The molecule has 1 atom stereocenters. The molecule has 20 heavy (non-hydrogen) atoms. The normalized spacial score (nSPS) is 26.8. The number of hydrogen-bond donors (Lipinski definition) is 0. The molecule has 0 bridgehead atoms. The van der Waals surface area contributed by atoms with E-state index in [0.29, 0.717) is 12.6 Å². The Labute approximate surface area is 122 Å². The Morgan fingerprint density at radius 2 is 2.00 bits per heavy atom. The third-order valence-electron chi connectivity index (χ3n) is 5.18. The lowest BCUT2D eigenvalue weighted by Gasteiger charge is -2.41. The molecule has 1 aliphatic heterocycles. The number of carbonyl (C=O) groups excluding carboxylic acids is 1. The first-order chi connectivity index (χ1) is 9.59. The highest BCUT2D eigenvalue weighted by Crippen LogP contribution is 2.32. The Kier molecular flexibility index (Phi) is 5.04. The molecule has 0 spiro atoms. The second-order valence-electron chi connectivity index (χ2n) is 6.47. The first-order valence-electron chi connectivity index (χ1n) is 8.01. The summed E-state index contributed by atoms with van der Waals surface area (Å²) in [6.07, 6.45) is 8.61. The summed E-state index contributed by atoms with van der Waals surface area (Å²) in [4.78, 5) is 16.6. The molecule has 0 aromatic rings. The van der Waals surface area contributed by atoms with E-state index in [1.807, 2.05) is 7.05 Å². The number of nitriles is 1. The zero-order valence-corrected chi connectivity index (χ0v) is 12.9. The van der Waals surface area contributed by atoms with Crippen LogP contribution >= 0.6 is 0 Å². The van der Waals surface area contributed by atoms with Crippen molar-refractivity contribution in [3.63, 3.8) is 0 Å². The molecule has 2 aliphatic rings. The van der Waals surface area contributed by atoms with Crippen LogP contribution in [0.4, 0.5) is 0 Å². The average molecular weight is 277 g/mol. The van der Waals surface area contributed by atoms with E-state index >= 15 is 0 Å². The van der Waals surface area contributed by atoms with Gasteiger partial charge in [0.2, 0.25) is 5.91 Å². The number of carbonyl (C=O) groups is 1. The molecule has 0 aromatic heterocycles. The van der Waals surface area contributed by atoms with Gasteiger partial charge in [-0.2, -0.15) is 5.26 Å². The van der Waals surface area contributed by atoms with Crippen molar-refractivity contribution >= 4 is 5.91 Å². The van der Waals surface area contributed by atoms with Crippen molar-refractivity contribution in [2.24, 2.45) is 0 Å². The molecule has 2 rings (SSSR count). The van der Waals surface area contributed by atoms with E-state index in [0.717, 1.165) is 32.2 Å². The maximum absolute atomic E-state index is 12.6. The van der Waals surface area contributed by atoms with Crippen LogP contribution in [-0.2, 0) is 4.79 Å². The molecule has 1 saturated heterocycles. The van der Waals surface area contributed by atoms with Crippen molar-refractivity contribution in [3.05, 3.63) is 0 Å². The van der Waals surface area contributed by atoms with Crippen LogP contribution in [0.25, 0.3) is 0 Å². The fraction of sp³-hybridized carbons (Fsp3) is 0.875. The number of piperidine rings is 1. The summed E-state index contributed by atoms with van der Waals surface area (Å²) in [6, 6.07) is 2.92. The predicted molar refractivity (Wildman–Crippen MR) is 79.1 cm³/mol. The molecule has 4 heteroatoms. The van der Waals surface area contributed by atoms with Gasteiger partial charge in [-0.05, 0) is 39.2 Å². The molecular weight excluding hydrogens is 250 g/mol. The quantitative estimate of drug-likeness (QED) is 0.796. The third-order valence-corrected chi connectivity index (χ3v) is 5.18. The van der Waals surface area contributed by atoms with Gasteiger partial charge in [-0.25, -0.2) is 0 Å². The Hall–Kier alpha value is -1.08. The minimum atomic E-state index is -0.547. The minimum absolute atomic E-state index is 0.113. The topological polar surface area (TPSA) is 47.3 Å². The minimum Gasteiger partial charge on any atom is -0.326 e. The monoisotopic (exact) mass is 277 g/mol. The highest BCUT2D eigenvalue weighted by atomic mass is 16.2. The lowest BCUT2D eigenvalue weighted by atomic mass is 9.81. The van der Waals surface area contributed by atoms with E-state index in [-0.39, 0.29) is 5.91 Å². The van der Waals surface area contributed by atoms with Crippen molar-refractivity contribution in [2.75, 3.05) is 20.1 Å². The number of hydrogen-bond acceptors (Lipinski definition) is 3. The second kappa shape index (κ2) is 6.58. The van der Waals surface area contributed by atoms with Gasteiger partial charge in [0, 0.05) is 13.1 Å². The van der Waals surface area contributed by atoms with E-state index < -0.39 is 5.54 Å². The second-order valence-corrected chi connectivity index (χ2v) is 6.47. The van der Waals surface area contributed by atoms with Crippen LogP contribution in [0.5, 0.6) is 0 Å². The first-order valence-corrected chi connectivity index (χ1v) is 8.01. The fourth-order valence-corrected chi connectivity index (χ4v) is 3.57. The highest BCUT2D eigenvalue weighted by Gasteiger charge is 2.39. The van der Waals surface area contributed by atoms with Gasteiger partial charge in [0.05, 0.1) is 12.6 Å². The molecule has 1 aliphatic carbocycles. The van der Waals surface area contributed by atoms with Crippen LogP contribution in [0, 0.1) is 11.3 Å². The summed E-state index contributed by atoms with van der Waals surface area (Å²) < 4.78 is 0. The van der Waals surface area contributed by atoms with Crippen molar-refractivity contribution in [3.8, 4) is 6.07 Å². The summed E-state index contributed by atoms with van der Waals surface area (Å²) in [5, 5.41) is 9.56. The highest BCUT2D eigenvalue weighted by molar-refractivity contribution is 5.79. The Morgan fingerprint density at radius 1 is 1.30 bits per heavy atom. The van der Waals surface area contributed by atoms with Crippen molar-refractivity contribution in [2.45, 2.75) is 69.9 Å². The SMILES string of the molecule is CC1CCCCN1CC(=O)N(C)C1(C#N)CCCCC1. The Balaban J connectivity index is 1.98. The number of amides is 1. The van der Waals surface area contributed by atoms with Crippen LogP contribution in [0.3, 0.4) is 0 Å². The van der Waals surface area contributed by atoms with Crippen molar-refractivity contribution < 1.29 is 4.79 Å². The fourth-order valence-electron chi connectivity index (χ4n) is 3.57. The predicted octanol–water partition coefficient (Wildman–Crippen LogP) is 2.55. The van der Waals surface area contributed by atoms with Crippen LogP contribution in [0.2, 0.25) is 0 Å². The smallest absolute Gasteiger partial charge is 0.237 e. The summed E-state index contributed by atoms with van der Waals surface area (Å²) in [5.41, 5.74) is -0.547. The van der Waals surface area contributed by atoms with E-state index in [4.69, 9.17) is 0 Å². The first kappa shape index (κ1) is 15.3. The molecular formula is C16H27N3O. The lowest BCUT2D eigenvalue weighted by Crippen LogP contribution is -2.53. The van der Waals surface area contributed by atoms with Gasteiger partial charge in [0.15, 0.2) is 0 Å². The molecule has 1 saturated carbocycles. The molecule has 1 amide bonds.